The molecule has 0 bridgehead atoms. The van der Waals surface area contributed by atoms with E-state index in [1.807, 2.05) is 95.5 Å². The van der Waals surface area contributed by atoms with Crippen molar-refractivity contribution in [3.63, 3.8) is 0 Å². The summed E-state index contributed by atoms with van der Waals surface area (Å²) in [6.07, 6.45) is 0. The monoisotopic (exact) mass is 1770 g/mol. The fourth-order valence-electron chi connectivity index (χ4n) is 19.8. The molecule has 26 aromatic rings. The number of hydrogen-bond donors (Lipinski definition) is 0. The summed E-state index contributed by atoms with van der Waals surface area (Å²) in [5.41, 5.74) is 30.7. The van der Waals surface area contributed by atoms with E-state index in [-0.39, 0.29) is 0 Å². The maximum Gasteiger partial charge on any atom is 0.164 e. The van der Waals surface area contributed by atoms with E-state index in [2.05, 4.69) is 422 Å². The third-order valence-electron chi connectivity index (χ3n) is 26.2. The molecule has 8 nitrogen and oxygen atoms in total. The highest BCUT2D eigenvalue weighted by molar-refractivity contribution is 7.26. The second-order valence-corrected chi connectivity index (χ2v) is 36.4. The van der Waals surface area contributed by atoms with Gasteiger partial charge in [0, 0.05) is 112 Å². The van der Waals surface area contributed by atoms with Crippen molar-refractivity contribution in [1.29, 1.82) is 0 Å². The maximum absolute atomic E-state index is 5.38. The van der Waals surface area contributed by atoms with Crippen LogP contribution >= 0.6 is 22.7 Å². The highest BCUT2D eigenvalue weighted by atomic mass is 32.1. The van der Waals surface area contributed by atoms with Gasteiger partial charge in [-0.15, -0.1) is 22.7 Å². The van der Waals surface area contributed by atoms with Gasteiger partial charge in [-0.05, 0) is 168 Å². The van der Waals surface area contributed by atoms with Crippen molar-refractivity contribution >= 4 is 107 Å². The quantitative estimate of drug-likeness (QED) is 0.0958. The molecule has 20 aromatic carbocycles. The molecule has 0 aliphatic carbocycles. The normalized spacial score (nSPS) is 11.5. The minimum atomic E-state index is 0.611. The average Bonchev–Trinajstić information content (AvgIpc) is 1.54. The predicted molar refractivity (Wildman–Crippen MR) is 570 cm³/mol. The van der Waals surface area contributed by atoms with Crippen molar-refractivity contribution in [3.8, 4) is 169 Å². The van der Waals surface area contributed by atoms with Gasteiger partial charge < -0.3 is 9.13 Å². The summed E-state index contributed by atoms with van der Waals surface area (Å²) in [4.78, 5) is 31.8. The van der Waals surface area contributed by atoms with E-state index in [1.165, 1.54) is 95.1 Å². The van der Waals surface area contributed by atoms with Gasteiger partial charge in [-0.2, -0.15) is 0 Å². The second-order valence-electron chi connectivity index (χ2n) is 34.2. The van der Waals surface area contributed by atoms with Gasteiger partial charge in [-0.3, -0.25) is 0 Å². The van der Waals surface area contributed by atoms with Crippen LogP contribution in [-0.4, -0.2) is 39.0 Å². The summed E-state index contributed by atoms with van der Waals surface area (Å²) >= 11 is 3.69. The number of fused-ring (bicyclic) bond motifs is 13. The van der Waals surface area contributed by atoms with Crippen molar-refractivity contribution in [3.05, 3.63) is 485 Å². The molecule has 0 spiro atoms. The molecule has 0 atom stereocenters. The Kier molecular flexibility index (Phi) is 20.5. The average molecular weight is 1770 g/mol. The Labute approximate surface area is 793 Å². The largest absolute Gasteiger partial charge is 0.309 e. The molecule has 6 heterocycles. The van der Waals surface area contributed by atoms with Crippen LogP contribution in [0.3, 0.4) is 0 Å². The molecule has 636 valence electrons. The van der Waals surface area contributed by atoms with E-state index in [1.54, 1.807) is 0 Å². The van der Waals surface area contributed by atoms with Crippen LogP contribution in [0.2, 0.25) is 0 Å². The van der Waals surface area contributed by atoms with Crippen molar-refractivity contribution < 1.29 is 0 Å². The zero-order chi connectivity index (χ0) is 89.9. The Morgan fingerprint density at radius 3 is 0.985 bits per heavy atom. The summed E-state index contributed by atoms with van der Waals surface area (Å²) in [6, 6.07) is 173. The molecule has 136 heavy (non-hydrogen) atoms. The van der Waals surface area contributed by atoms with Crippen LogP contribution in [0.15, 0.2) is 485 Å². The lowest BCUT2D eigenvalue weighted by molar-refractivity contribution is 1.07. The van der Waals surface area contributed by atoms with Crippen LogP contribution in [0.4, 0.5) is 0 Å². The molecule has 0 amide bonds. The summed E-state index contributed by atoms with van der Waals surface area (Å²) in [6.45, 7) is 0. The van der Waals surface area contributed by atoms with Crippen LogP contribution in [0.5, 0.6) is 0 Å². The zero-order valence-corrected chi connectivity index (χ0v) is 75.2. The molecule has 0 saturated heterocycles. The number of nitrogens with zero attached hydrogens (tertiary/aromatic N) is 8. The molecule has 0 saturated carbocycles. The van der Waals surface area contributed by atoms with Crippen LogP contribution in [-0.2, 0) is 0 Å². The highest BCUT2D eigenvalue weighted by Gasteiger charge is 2.28. The summed E-state index contributed by atoms with van der Waals surface area (Å²) < 4.78 is 9.76. The molecular weight excluding hydrogens is 1690 g/mol. The molecule has 10 heteroatoms. The smallest absolute Gasteiger partial charge is 0.164 e. The van der Waals surface area contributed by atoms with Gasteiger partial charge in [0.25, 0.3) is 0 Å². The first-order valence-corrected chi connectivity index (χ1v) is 47.5. The van der Waals surface area contributed by atoms with E-state index in [0.29, 0.717) is 34.9 Å². The number of aromatic nitrogens is 8. The maximum atomic E-state index is 5.38. The first kappa shape index (κ1) is 80.5. The summed E-state index contributed by atoms with van der Waals surface area (Å²) in [7, 11) is 0. The number of para-hydroxylation sites is 4. The third kappa shape index (κ3) is 14.7. The lowest BCUT2D eigenvalue weighted by Gasteiger charge is -2.17. The van der Waals surface area contributed by atoms with Gasteiger partial charge in [0.2, 0.25) is 0 Å². The molecule has 0 aliphatic rings. The van der Waals surface area contributed by atoms with Gasteiger partial charge in [-0.25, -0.2) is 29.9 Å². The van der Waals surface area contributed by atoms with E-state index in [0.717, 1.165) is 123 Å². The van der Waals surface area contributed by atoms with E-state index in [9.17, 15) is 0 Å². The minimum absolute atomic E-state index is 0.611. The molecule has 0 N–H and O–H groups in total. The fourth-order valence-corrected chi connectivity index (χ4v) is 22.2. The second kappa shape index (κ2) is 34.6. The fraction of sp³-hybridized carbons (Fsp3) is 0. The number of benzene rings is 20. The third-order valence-corrected chi connectivity index (χ3v) is 28.5. The Balaban J connectivity index is 0.000000145. The molecule has 26 rings (SSSR count). The highest BCUT2D eigenvalue weighted by Crippen LogP contribution is 2.52. The van der Waals surface area contributed by atoms with E-state index >= 15 is 0 Å². The van der Waals surface area contributed by atoms with Gasteiger partial charge >= 0.3 is 0 Å². The van der Waals surface area contributed by atoms with Crippen molar-refractivity contribution in [2.75, 3.05) is 0 Å². The van der Waals surface area contributed by atoms with Crippen LogP contribution in [0, 0.1) is 0 Å². The lowest BCUT2D eigenvalue weighted by Crippen LogP contribution is -2.01. The molecular formula is C126H80N8S2. The molecule has 0 fully saturated rings. The van der Waals surface area contributed by atoms with Crippen LogP contribution in [0.1, 0.15) is 0 Å². The Morgan fingerprint density at radius 1 is 0.154 bits per heavy atom. The zero-order valence-electron chi connectivity index (χ0n) is 73.6. The standard InChI is InChI=1S/2C63H40N4S/c1-6-19-41(20-7-1)45-33-35-48(42-21-8-2-9-22-42)54(39-45)46-34-36-49(55(40-46)63-65-61(43-23-10-3-11-24-43)64-62(66-63)44-25-12-4-13-26-44)52-30-18-31-53-58-57(68-60(52)53)38-37-51-50-29-16-17-32-56(50)67(59(51)58)47-27-14-5-15-28-47;1-6-19-41(20-7-1)45-33-35-48(42-21-8-2-9-22-42)52(37-45)46-34-36-49(54(38-46)63-65-61(43-23-10-3-11-24-43)64-62(66-63)44-25-12-4-13-26-44)51-30-18-32-58-60(51)55-39-53-50-29-16-17-31-56(50)67(47-27-14-5-15-28-47)57(53)40-59(55)68-58/h2*1-40H. The van der Waals surface area contributed by atoms with Crippen LogP contribution in [0.25, 0.3) is 253 Å². The number of rotatable bonds is 16. The first-order chi connectivity index (χ1) is 67.4. The van der Waals surface area contributed by atoms with Gasteiger partial charge in [0.1, 0.15) is 0 Å². The van der Waals surface area contributed by atoms with Crippen molar-refractivity contribution in [2.45, 2.75) is 0 Å². The number of hydrogen-bond acceptors (Lipinski definition) is 8. The van der Waals surface area contributed by atoms with E-state index < -0.39 is 0 Å². The summed E-state index contributed by atoms with van der Waals surface area (Å²) in [5, 5.41) is 9.86. The molecule has 0 unspecified atom stereocenters. The van der Waals surface area contributed by atoms with Crippen molar-refractivity contribution in [2.24, 2.45) is 0 Å². The van der Waals surface area contributed by atoms with Crippen molar-refractivity contribution in [1.82, 2.24) is 39.0 Å². The Hall–Kier alpha value is -17.5. The van der Waals surface area contributed by atoms with E-state index in [4.69, 9.17) is 29.9 Å². The predicted octanol–water partition coefficient (Wildman–Crippen LogP) is 34.0. The molecule has 0 radical (unpaired) electrons. The first-order valence-electron chi connectivity index (χ1n) is 45.9. The topological polar surface area (TPSA) is 87.2 Å². The number of thiophene rings is 2. The van der Waals surface area contributed by atoms with Gasteiger partial charge in [0.15, 0.2) is 34.9 Å². The van der Waals surface area contributed by atoms with Crippen LogP contribution < -0.4 is 0 Å². The Bertz CT molecular complexity index is 8930. The van der Waals surface area contributed by atoms with Gasteiger partial charge in [-0.1, -0.05) is 400 Å². The Morgan fingerprint density at radius 2 is 0.507 bits per heavy atom. The molecule has 0 aliphatic heterocycles. The lowest BCUT2D eigenvalue weighted by atomic mass is 9.88. The minimum Gasteiger partial charge on any atom is -0.309 e. The van der Waals surface area contributed by atoms with Gasteiger partial charge in [0.05, 0.1) is 22.1 Å². The SMILES string of the molecule is c1ccc(-c2ccc(-c3ccccc3)c(-c3ccc(-c4cccc5c4sc4ccc6c7ccccc7n(-c7ccccc7)c6c45)c(-c4nc(-c5ccccc5)nc(-c5ccccc5)n4)c3)c2)cc1.c1ccc(-c2ccc(-c3ccccc3)c(-c3ccc(-c4cccc5sc6cc7c(cc6c45)c4ccccc4n7-c4ccccc4)c(-c4nc(-c5ccccc5)nc(-c5ccccc5)n4)c3)c2)cc1. The molecule has 6 aromatic heterocycles. The summed E-state index contributed by atoms with van der Waals surface area (Å²) in [5.74, 6) is 3.72.